The van der Waals surface area contributed by atoms with Crippen molar-refractivity contribution in [3.8, 4) is 0 Å². The minimum atomic E-state index is 0.569. The van der Waals surface area contributed by atoms with Crippen LogP contribution in [0.5, 0.6) is 0 Å². The molecule has 0 spiro atoms. The van der Waals surface area contributed by atoms with Crippen molar-refractivity contribution in [2.45, 2.75) is 13.8 Å². The Labute approximate surface area is 49.6 Å². The molecular weight excluding hydrogens is 106 g/mol. The summed E-state index contributed by atoms with van der Waals surface area (Å²) < 4.78 is 0. The normalized spacial score (nSPS) is 7.86. The lowest BCUT2D eigenvalue weighted by Gasteiger charge is -1.84. The fourth-order valence-electron chi connectivity index (χ4n) is 0.258. The highest BCUT2D eigenvalue weighted by Gasteiger charge is 1.75. The molecular formula is C5H9NS. The summed E-state index contributed by atoms with van der Waals surface area (Å²) in [5, 5.41) is 0.569. The van der Waals surface area contributed by atoms with Crippen LogP contribution in [0.2, 0.25) is 0 Å². The summed E-state index contributed by atoms with van der Waals surface area (Å²) in [4.78, 5) is 3.86. The van der Waals surface area contributed by atoms with E-state index in [2.05, 4.69) is 24.2 Å². The fourth-order valence-corrected chi connectivity index (χ4v) is 0.458. The monoisotopic (exact) mass is 115 g/mol. The van der Waals surface area contributed by atoms with E-state index in [1.165, 1.54) is 0 Å². The molecule has 0 radical (unpaired) electrons. The summed E-state index contributed by atoms with van der Waals surface area (Å²) in [6.07, 6.45) is 0. The van der Waals surface area contributed by atoms with Gasteiger partial charge in [-0.2, -0.15) is 0 Å². The van der Waals surface area contributed by atoms with Crippen molar-refractivity contribution < 1.29 is 0 Å². The Hall–Kier alpha value is -0.240. The predicted molar refractivity (Wildman–Crippen MR) is 36.9 cm³/mol. The Balaban J connectivity index is 3.68. The minimum absolute atomic E-state index is 0.569. The lowest BCUT2D eigenvalue weighted by atomic mass is 10.5. The molecule has 0 saturated heterocycles. The van der Waals surface area contributed by atoms with Gasteiger partial charge in [-0.3, -0.25) is 4.99 Å². The third kappa shape index (κ3) is 5.76. The summed E-state index contributed by atoms with van der Waals surface area (Å²) in [5.74, 6) is 0. The SMILES string of the molecule is C=C(S)N=C(C)C. The van der Waals surface area contributed by atoms with Gasteiger partial charge in [0.15, 0.2) is 0 Å². The first-order chi connectivity index (χ1) is 3.13. The minimum Gasteiger partial charge on any atom is -0.252 e. The van der Waals surface area contributed by atoms with Gasteiger partial charge in [-0.05, 0) is 13.8 Å². The van der Waals surface area contributed by atoms with Gasteiger partial charge < -0.3 is 0 Å². The summed E-state index contributed by atoms with van der Waals surface area (Å²) in [5.41, 5.74) is 0.986. The summed E-state index contributed by atoms with van der Waals surface area (Å²) in [7, 11) is 0. The van der Waals surface area contributed by atoms with Crippen LogP contribution in [0.4, 0.5) is 0 Å². The Morgan fingerprint density at radius 3 is 2.00 bits per heavy atom. The molecule has 0 rings (SSSR count). The van der Waals surface area contributed by atoms with Crippen LogP contribution in [0.3, 0.4) is 0 Å². The summed E-state index contributed by atoms with van der Waals surface area (Å²) in [6, 6.07) is 0. The van der Waals surface area contributed by atoms with Crippen LogP contribution in [0.25, 0.3) is 0 Å². The number of hydrogen-bond donors (Lipinski definition) is 1. The first kappa shape index (κ1) is 6.76. The van der Waals surface area contributed by atoms with Crippen LogP contribution < -0.4 is 0 Å². The van der Waals surface area contributed by atoms with Gasteiger partial charge in [0.25, 0.3) is 0 Å². The van der Waals surface area contributed by atoms with E-state index in [-0.39, 0.29) is 0 Å². The van der Waals surface area contributed by atoms with E-state index in [1.807, 2.05) is 13.8 Å². The third-order valence-electron chi connectivity index (χ3n) is 0.353. The van der Waals surface area contributed by atoms with Crippen molar-refractivity contribution in [1.82, 2.24) is 0 Å². The van der Waals surface area contributed by atoms with Gasteiger partial charge in [-0.1, -0.05) is 6.58 Å². The molecule has 40 valence electrons. The molecule has 0 aromatic rings. The molecule has 0 atom stereocenters. The van der Waals surface area contributed by atoms with Crippen LogP contribution in [-0.2, 0) is 0 Å². The average Bonchev–Trinajstić information content (AvgIpc) is 1.27. The van der Waals surface area contributed by atoms with E-state index in [0.717, 1.165) is 5.71 Å². The molecule has 0 saturated carbocycles. The van der Waals surface area contributed by atoms with Crippen LogP contribution in [0.15, 0.2) is 16.6 Å². The number of aliphatic imine (C=N–C) groups is 1. The highest BCUT2D eigenvalue weighted by atomic mass is 32.1. The molecule has 0 aliphatic rings. The highest BCUT2D eigenvalue weighted by molar-refractivity contribution is 7.84. The van der Waals surface area contributed by atoms with Crippen LogP contribution in [0, 0.1) is 0 Å². The van der Waals surface area contributed by atoms with Gasteiger partial charge in [-0.25, -0.2) is 0 Å². The van der Waals surface area contributed by atoms with E-state index in [0.29, 0.717) is 5.03 Å². The number of nitrogens with zero attached hydrogens (tertiary/aromatic N) is 1. The zero-order chi connectivity index (χ0) is 5.86. The van der Waals surface area contributed by atoms with Crippen LogP contribution >= 0.6 is 12.6 Å². The van der Waals surface area contributed by atoms with Gasteiger partial charge in [-0.15, -0.1) is 12.6 Å². The number of hydrogen-bond acceptors (Lipinski definition) is 2. The maximum Gasteiger partial charge on any atom is 0.0856 e. The van der Waals surface area contributed by atoms with E-state index in [1.54, 1.807) is 0 Å². The largest absolute Gasteiger partial charge is 0.252 e. The quantitative estimate of drug-likeness (QED) is 0.395. The Morgan fingerprint density at radius 2 is 2.00 bits per heavy atom. The molecule has 0 amide bonds. The molecule has 0 bridgehead atoms. The number of thiol groups is 1. The second-order valence-corrected chi connectivity index (χ2v) is 1.99. The van der Waals surface area contributed by atoms with E-state index in [9.17, 15) is 0 Å². The highest BCUT2D eigenvalue weighted by Crippen LogP contribution is 1.96. The van der Waals surface area contributed by atoms with Gasteiger partial charge in [0.05, 0.1) is 5.03 Å². The average molecular weight is 115 g/mol. The topological polar surface area (TPSA) is 12.4 Å². The smallest absolute Gasteiger partial charge is 0.0856 e. The van der Waals surface area contributed by atoms with E-state index < -0.39 is 0 Å². The molecule has 0 heterocycles. The van der Waals surface area contributed by atoms with E-state index in [4.69, 9.17) is 0 Å². The second kappa shape index (κ2) is 2.86. The maximum atomic E-state index is 3.86. The molecule has 0 aliphatic heterocycles. The number of rotatable bonds is 1. The molecule has 0 aromatic heterocycles. The summed E-state index contributed by atoms with van der Waals surface area (Å²) in [6.45, 7) is 7.28. The molecule has 0 unspecified atom stereocenters. The van der Waals surface area contributed by atoms with Crippen molar-refractivity contribution in [2.24, 2.45) is 4.99 Å². The van der Waals surface area contributed by atoms with Gasteiger partial charge in [0.2, 0.25) is 0 Å². The lowest BCUT2D eigenvalue weighted by Crippen LogP contribution is -1.76. The van der Waals surface area contributed by atoms with Crippen LogP contribution in [-0.4, -0.2) is 5.71 Å². The van der Waals surface area contributed by atoms with Crippen molar-refractivity contribution in [1.29, 1.82) is 0 Å². The van der Waals surface area contributed by atoms with Crippen LogP contribution in [0.1, 0.15) is 13.8 Å². The molecule has 0 aromatic carbocycles. The van der Waals surface area contributed by atoms with E-state index >= 15 is 0 Å². The zero-order valence-corrected chi connectivity index (χ0v) is 5.50. The van der Waals surface area contributed by atoms with Gasteiger partial charge >= 0.3 is 0 Å². The summed E-state index contributed by atoms with van der Waals surface area (Å²) >= 11 is 3.86. The lowest BCUT2D eigenvalue weighted by molar-refractivity contribution is 1.49. The van der Waals surface area contributed by atoms with Gasteiger partial charge in [0, 0.05) is 5.71 Å². The van der Waals surface area contributed by atoms with Gasteiger partial charge in [0.1, 0.15) is 0 Å². The zero-order valence-electron chi connectivity index (χ0n) is 4.60. The Bertz CT molecular complexity index is 101. The van der Waals surface area contributed by atoms with Crippen molar-refractivity contribution in [2.75, 3.05) is 0 Å². The standard InChI is InChI=1S/C5H9NS/c1-4(2)6-5(3)7/h7H,3H2,1-2H3. The molecule has 1 nitrogen and oxygen atoms in total. The van der Waals surface area contributed by atoms with Crippen molar-refractivity contribution >= 4 is 18.3 Å². The molecule has 0 fully saturated rings. The molecule has 0 N–H and O–H groups in total. The van der Waals surface area contributed by atoms with Crippen molar-refractivity contribution in [3.05, 3.63) is 11.6 Å². The molecule has 0 aliphatic carbocycles. The Morgan fingerprint density at radius 1 is 1.57 bits per heavy atom. The Kier molecular flexibility index (Phi) is 2.76. The third-order valence-corrected chi connectivity index (χ3v) is 0.453. The maximum absolute atomic E-state index is 3.86. The molecule has 7 heavy (non-hydrogen) atoms. The fraction of sp³-hybridized carbons (Fsp3) is 0.400. The first-order valence-electron chi connectivity index (χ1n) is 2.02. The second-order valence-electron chi connectivity index (χ2n) is 1.48. The molecule has 2 heteroatoms. The van der Waals surface area contributed by atoms with Crippen molar-refractivity contribution in [3.63, 3.8) is 0 Å². The first-order valence-corrected chi connectivity index (χ1v) is 2.47. The predicted octanol–water partition coefficient (Wildman–Crippen LogP) is 1.87.